The van der Waals surface area contributed by atoms with Crippen LogP contribution in [0.15, 0.2) is 23.2 Å². The van der Waals surface area contributed by atoms with Gasteiger partial charge in [0.2, 0.25) is 0 Å². The second-order valence-corrected chi connectivity index (χ2v) is 5.37. The molecule has 0 radical (unpaired) electrons. The minimum absolute atomic E-state index is 0.305. The Balaban J connectivity index is 1.96. The van der Waals surface area contributed by atoms with E-state index in [1.54, 1.807) is 20.2 Å². The molecule has 6 heteroatoms. The summed E-state index contributed by atoms with van der Waals surface area (Å²) in [7, 11) is 3.43. The summed E-state index contributed by atoms with van der Waals surface area (Å²) in [5.41, 5.74) is 0.919. The molecule has 1 aromatic rings. The fraction of sp³-hybridized carbons (Fsp3) is 0.500. The normalized spacial score (nSPS) is 18.4. The van der Waals surface area contributed by atoms with Crippen molar-refractivity contribution in [1.82, 2.24) is 10.2 Å². The van der Waals surface area contributed by atoms with Crippen molar-refractivity contribution in [3.05, 3.63) is 35.1 Å². The molecule has 1 atom stereocenters. The summed E-state index contributed by atoms with van der Waals surface area (Å²) in [4.78, 5) is 6.40. The van der Waals surface area contributed by atoms with Crippen LogP contribution >= 0.6 is 0 Å². The van der Waals surface area contributed by atoms with Gasteiger partial charge in [0.1, 0.15) is 5.82 Å². The number of halogens is 1. The number of ether oxygens (including phenoxy) is 1. The van der Waals surface area contributed by atoms with Gasteiger partial charge in [-0.3, -0.25) is 4.99 Å². The van der Waals surface area contributed by atoms with Gasteiger partial charge in [0.05, 0.1) is 18.2 Å². The van der Waals surface area contributed by atoms with Gasteiger partial charge in [-0.2, -0.15) is 5.26 Å². The quantitative estimate of drug-likeness (QED) is 0.680. The van der Waals surface area contributed by atoms with Gasteiger partial charge in [0.25, 0.3) is 0 Å². The highest BCUT2D eigenvalue weighted by molar-refractivity contribution is 5.80. The van der Waals surface area contributed by atoms with Crippen molar-refractivity contribution in [2.24, 2.45) is 10.9 Å². The molecule has 0 aliphatic carbocycles. The SMILES string of the molecule is CN=C(NCc1cc(C#N)ccc1F)N1CCC(COC)C1. The summed E-state index contributed by atoms with van der Waals surface area (Å²) in [5.74, 6) is 0.934. The Bertz CT molecular complexity index is 582. The van der Waals surface area contributed by atoms with E-state index in [2.05, 4.69) is 15.2 Å². The number of hydrogen-bond donors (Lipinski definition) is 1. The van der Waals surface area contributed by atoms with Crippen molar-refractivity contribution >= 4 is 5.96 Å². The number of methoxy groups -OCH3 is 1. The van der Waals surface area contributed by atoms with Gasteiger partial charge in [0, 0.05) is 45.3 Å². The molecule has 0 amide bonds. The molecule has 0 saturated carbocycles. The average molecular weight is 304 g/mol. The number of nitrogens with one attached hydrogen (secondary N) is 1. The number of hydrogen-bond acceptors (Lipinski definition) is 3. The van der Waals surface area contributed by atoms with E-state index in [4.69, 9.17) is 10.00 Å². The zero-order valence-corrected chi connectivity index (χ0v) is 13.0. The third-order valence-corrected chi connectivity index (χ3v) is 3.81. The van der Waals surface area contributed by atoms with Crippen LogP contribution in [0.3, 0.4) is 0 Å². The Morgan fingerprint density at radius 2 is 2.41 bits per heavy atom. The van der Waals surface area contributed by atoms with Crippen LogP contribution in [-0.4, -0.2) is 44.7 Å². The molecule has 118 valence electrons. The number of guanidine groups is 1. The number of nitrogens with zero attached hydrogens (tertiary/aromatic N) is 3. The standard InChI is InChI=1S/C16H21FN4O/c1-19-16(21-6-5-13(10-21)11-22-2)20-9-14-7-12(8-18)3-4-15(14)17/h3-4,7,13H,5-6,9-11H2,1-2H3,(H,19,20). The molecule has 1 aliphatic rings. The molecular formula is C16H21FN4O. The zero-order valence-electron chi connectivity index (χ0n) is 13.0. The Morgan fingerprint density at radius 1 is 1.59 bits per heavy atom. The van der Waals surface area contributed by atoms with Crippen molar-refractivity contribution in [1.29, 1.82) is 5.26 Å². The maximum absolute atomic E-state index is 13.8. The first kappa shape index (κ1) is 16.2. The third-order valence-electron chi connectivity index (χ3n) is 3.81. The lowest BCUT2D eigenvalue weighted by atomic mass is 10.1. The smallest absolute Gasteiger partial charge is 0.193 e. The fourth-order valence-electron chi connectivity index (χ4n) is 2.68. The molecule has 1 heterocycles. The third kappa shape index (κ3) is 3.95. The first-order valence-corrected chi connectivity index (χ1v) is 7.31. The largest absolute Gasteiger partial charge is 0.384 e. The molecule has 1 N–H and O–H groups in total. The molecule has 0 bridgehead atoms. The van der Waals surface area contributed by atoms with Gasteiger partial charge < -0.3 is 15.0 Å². The van der Waals surface area contributed by atoms with E-state index in [9.17, 15) is 4.39 Å². The predicted octanol–water partition coefficient (Wildman–Crippen LogP) is 1.74. The van der Waals surface area contributed by atoms with Crippen LogP contribution < -0.4 is 5.32 Å². The molecule has 1 saturated heterocycles. The summed E-state index contributed by atoms with van der Waals surface area (Å²) in [5, 5.41) is 12.1. The molecule has 1 aromatic carbocycles. The van der Waals surface area contributed by atoms with Crippen LogP contribution in [0.2, 0.25) is 0 Å². The first-order chi connectivity index (χ1) is 10.7. The number of likely N-dealkylation sites (tertiary alicyclic amines) is 1. The molecular weight excluding hydrogens is 283 g/mol. The topological polar surface area (TPSA) is 60.7 Å². The van der Waals surface area contributed by atoms with Crippen LogP contribution in [0.5, 0.6) is 0 Å². The number of nitriles is 1. The second-order valence-electron chi connectivity index (χ2n) is 5.37. The molecule has 1 fully saturated rings. The Hall–Kier alpha value is -2.13. The number of aliphatic imine (C=N–C) groups is 1. The Morgan fingerprint density at radius 3 is 3.09 bits per heavy atom. The van der Waals surface area contributed by atoms with Gasteiger partial charge in [0.15, 0.2) is 5.96 Å². The molecule has 1 unspecified atom stereocenters. The predicted molar refractivity (Wildman–Crippen MR) is 82.9 cm³/mol. The molecule has 0 aromatic heterocycles. The summed E-state index contributed by atoms with van der Waals surface area (Å²) < 4.78 is 19.0. The summed E-state index contributed by atoms with van der Waals surface area (Å²) in [6, 6.07) is 6.38. The highest BCUT2D eigenvalue weighted by Crippen LogP contribution is 2.17. The average Bonchev–Trinajstić information content (AvgIpc) is 2.98. The van der Waals surface area contributed by atoms with Gasteiger partial charge >= 0.3 is 0 Å². The Labute approximate surface area is 130 Å². The fourth-order valence-corrected chi connectivity index (χ4v) is 2.68. The highest BCUT2D eigenvalue weighted by atomic mass is 19.1. The van der Waals surface area contributed by atoms with E-state index in [-0.39, 0.29) is 5.82 Å². The number of benzene rings is 1. The lowest BCUT2D eigenvalue weighted by Crippen LogP contribution is -2.40. The van der Waals surface area contributed by atoms with Gasteiger partial charge in [-0.15, -0.1) is 0 Å². The zero-order chi connectivity index (χ0) is 15.9. The second kappa shape index (κ2) is 7.76. The van der Waals surface area contributed by atoms with E-state index in [1.807, 2.05) is 6.07 Å². The molecule has 2 rings (SSSR count). The molecule has 5 nitrogen and oxygen atoms in total. The van der Waals surface area contributed by atoms with Crippen molar-refractivity contribution in [3.8, 4) is 6.07 Å². The summed E-state index contributed by atoms with van der Waals surface area (Å²) in [6.07, 6.45) is 1.06. The molecule has 0 spiro atoms. The number of rotatable bonds is 4. The minimum atomic E-state index is -0.319. The van der Waals surface area contributed by atoms with Crippen LogP contribution in [-0.2, 0) is 11.3 Å². The maximum Gasteiger partial charge on any atom is 0.193 e. The van der Waals surface area contributed by atoms with Crippen molar-refractivity contribution < 1.29 is 9.13 Å². The van der Waals surface area contributed by atoms with Crippen molar-refractivity contribution in [2.45, 2.75) is 13.0 Å². The van der Waals surface area contributed by atoms with Crippen molar-refractivity contribution in [2.75, 3.05) is 33.9 Å². The van der Waals surface area contributed by atoms with Gasteiger partial charge in [-0.1, -0.05) is 0 Å². The molecule has 22 heavy (non-hydrogen) atoms. The van der Waals surface area contributed by atoms with Crippen LogP contribution in [0.1, 0.15) is 17.5 Å². The van der Waals surface area contributed by atoms with Gasteiger partial charge in [-0.25, -0.2) is 4.39 Å². The van der Waals surface area contributed by atoms with Crippen LogP contribution in [0, 0.1) is 23.1 Å². The maximum atomic E-state index is 13.8. The van der Waals surface area contributed by atoms with E-state index < -0.39 is 0 Å². The lowest BCUT2D eigenvalue weighted by molar-refractivity contribution is 0.157. The van der Waals surface area contributed by atoms with Crippen LogP contribution in [0.4, 0.5) is 4.39 Å². The van der Waals surface area contributed by atoms with Crippen LogP contribution in [0.25, 0.3) is 0 Å². The van der Waals surface area contributed by atoms with E-state index in [0.29, 0.717) is 23.6 Å². The van der Waals surface area contributed by atoms with Crippen molar-refractivity contribution in [3.63, 3.8) is 0 Å². The summed E-state index contributed by atoms with van der Waals surface area (Å²) in [6.45, 7) is 2.84. The highest BCUT2D eigenvalue weighted by Gasteiger charge is 2.24. The van der Waals surface area contributed by atoms with E-state index >= 15 is 0 Å². The molecule has 1 aliphatic heterocycles. The lowest BCUT2D eigenvalue weighted by Gasteiger charge is -2.21. The minimum Gasteiger partial charge on any atom is -0.384 e. The first-order valence-electron chi connectivity index (χ1n) is 7.31. The van der Waals surface area contributed by atoms with E-state index in [0.717, 1.165) is 32.1 Å². The van der Waals surface area contributed by atoms with E-state index in [1.165, 1.54) is 12.1 Å². The monoisotopic (exact) mass is 304 g/mol. The Kier molecular flexibility index (Phi) is 5.73. The van der Waals surface area contributed by atoms with Gasteiger partial charge in [-0.05, 0) is 24.6 Å². The summed E-state index contributed by atoms with van der Waals surface area (Å²) >= 11 is 0.